The molecule has 2 aliphatic rings. The molecule has 39 heavy (non-hydrogen) atoms. The molecule has 1 N–H and O–H groups in total. The fourth-order valence-corrected chi connectivity index (χ4v) is 5.55. The maximum Gasteiger partial charge on any atom is 0.257 e. The molecule has 2 amide bonds. The van der Waals surface area contributed by atoms with Crippen molar-refractivity contribution in [2.45, 2.75) is 44.8 Å². The van der Waals surface area contributed by atoms with Crippen molar-refractivity contribution in [1.82, 2.24) is 20.2 Å². The van der Waals surface area contributed by atoms with Gasteiger partial charge in [-0.25, -0.2) is 9.97 Å². The van der Waals surface area contributed by atoms with Crippen LogP contribution < -0.4 is 10.2 Å². The number of rotatable bonds is 7. The van der Waals surface area contributed by atoms with Gasteiger partial charge < -0.3 is 19.9 Å². The van der Waals surface area contributed by atoms with Crippen LogP contribution in [0.1, 0.15) is 51.6 Å². The van der Waals surface area contributed by atoms with Gasteiger partial charge in [0.15, 0.2) is 6.10 Å². The zero-order valence-electron chi connectivity index (χ0n) is 22.4. The van der Waals surface area contributed by atoms with Gasteiger partial charge >= 0.3 is 0 Å². The largest absolute Gasteiger partial charge is 0.365 e. The molecule has 0 spiro atoms. The maximum absolute atomic E-state index is 13.7. The highest BCUT2D eigenvalue weighted by Crippen LogP contribution is 2.35. The Morgan fingerprint density at radius 2 is 1.90 bits per heavy atom. The fraction of sp³-hybridized carbons (Fsp3) is 0.400. The van der Waals surface area contributed by atoms with Crippen molar-refractivity contribution in [3.05, 3.63) is 87.7 Å². The van der Waals surface area contributed by atoms with Crippen LogP contribution in [0, 0.1) is 6.92 Å². The summed E-state index contributed by atoms with van der Waals surface area (Å²) in [7, 11) is 1.57. The number of aryl methyl sites for hydroxylation is 3. The third-order valence-corrected chi connectivity index (χ3v) is 7.89. The minimum absolute atomic E-state index is 0.153. The first-order valence-electron chi connectivity index (χ1n) is 13.5. The molecule has 0 unspecified atom stereocenters. The summed E-state index contributed by atoms with van der Waals surface area (Å²) in [5.74, 6) is 0.226. The second-order valence-corrected chi connectivity index (χ2v) is 10.5. The first kappa shape index (κ1) is 27.1. The summed E-state index contributed by atoms with van der Waals surface area (Å²) in [5.41, 5.74) is 4.81. The fourth-order valence-electron chi connectivity index (χ4n) is 5.42. The molecule has 2 aromatic carbocycles. The molecule has 2 fully saturated rings. The van der Waals surface area contributed by atoms with Crippen LogP contribution in [0.15, 0.2) is 54.7 Å². The molecule has 1 aromatic heterocycles. The van der Waals surface area contributed by atoms with Crippen LogP contribution in [0.4, 0.5) is 5.95 Å². The van der Waals surface area contributed by atoms with Crippen LogP contribution >= 0.6 is 11.6 Å². The molecule has 2 aliphatic heterocycles. The number of carbonyl (C=O) groups excluding carboxylic acids is 2. The Morgan fingerprint density at radius 1 is 1.10 bits per heavy atom. The van der Waals surface area contributed by atoms with Crippen LogP contribution in [0.2, 0.25) is 5.02 Å². The van der Waals surface area contributed by atoms with Gasteiger partial charge in [0.25, 0.3) is 11.8 Å². The number of anilines is 1. The van der Waals surface area contributed by atoms with Crippen LogP contribution in [0.5, 0.6) is 0 Å². The van der Waals surface area contributed by atoms with Gasteiger partial charge in [0.1, 0.15) is 0 Å². The number of benzene rings is 2. The van der Waals surface area contributed by atoms with Crippen molar-refractivity contribution in [3.8, 4) is 0 Å². The van der Waals surface area contributed by atoms with Crippen LogP contribution in [-0.4, -0.2) is 66.1 Å². The van der Waals surface area contributed by atoms with Crippen LogP contribution in [-0.2, 0) is 22.4 Å². The van der Waals surface area contributed by atoms with E-state index < -0.39 is 6.10 Å². The number of nitrogens with one attached hydrogen (secondary N) is 1. The van der Waals surface area contributed by atoms with Crippen molar-refractivity contribution in [1.29, 1.82) is 0 Å². The van der Waals surface area contributed by atoms with E-state index in [1.807, 2.05) is 24.3 Å². The number of ether oxygens (including phenoxy) is 1. The summed E-state index contributed by atoms with van der Waals surface area (Å²) in [6, 6.07) is 16.4. The van der Waals surface area contributed by atoms with E-state index in [1.54, 1.807) is 18.1 Å². The predicted octanol–water partition coefficient (Wildman–Crippen LogP) is 4.15. The van der Waals surface area contributed by atoms with E-state index in [0.29, 0.717) is 36.1 Å². The van der Waals surface area contributed by atoms with E-state index in [4.69, 9.17) is 26.3 Å². The number of hydrogen-bond acceptors (Lipinski definition) is 6. The molecule has 0 radical (unpaired) electrons. The molecule has 5 rings (SSSR count). The Kier molecular flexibility index (Phi) is 8.43. The second-order valence-electron chi connectivity index (χ2n) is 10.1. The molecule has 3 heterocycles. The summed E-state index contributed by atoms with van der Waals surface area (Å²) >= 11 is 6.13. The molecule has 8 nitrogen and oxygen atoms in total. The second kappa shape index (κ2) is 12.1. The molecule has 2 saturated heterocycles. The Bertz CT molecular complexity index is 1330. The normalized spacial score (nSPS) is 19.3. The molecule has 204 valence electrons. The lowest BCUT2D eigenvalue weighted by Gasteiger charge is -2.32. The molecular weight excluding hydrogens is 514 g/mol. The number of hydrogen-bond donors (Lipinski definition) is 1. The number of aromatic nitrogens is 2. The molecule has 3 aromatic rings. The van der Waals surface area contributed by atoms with Gasteiger partial charge in [-0.3, -0.25) is 9.59 Å². The zero-order chi connectivity index (χ0) is 27.4. The maximum atomic E-state index is 13.7. The van der Waals surface area contributed by atoms with E-state index in [0.717, 1.165) is 31.5 Å². The number of likely N-dealkylation sites (N-methyl/N-ethyl adjacent to an activating group) is 1. The van der Waals surface area contributed by atoms with Crippen LogP contribution in [0.25, 0.3) is 0 Å². The van der Waals surface area contributed by atoms with Crippen molar-refractivity contribution in [2.75, 3.05) is 38.2 Å². The molecule has 0 saturated carbocycles. The minimum atomic E-state index is -0.687. The molecular formula is C30H34ClN5O3. The zero-order valence-corrected chi connectivity index (χ0v) is 23.2. The summed E-state index contributed by atoms with van der Waals surface area (Å²) in [6.45, 7) is 3.85. The van der Waals surface area contributed by atoms with Gasteiger partial charge in [-0.05, 0) is 61.4 Å². The standard InChI is InChI=1S/C30H34ClN5O3/c1-20-6-3-4-7-21(20)11-14-25-24(29(38)35-16-17-39-27(19-35)28(37)32-2)18-33-30(34-25)36-15-5-8-26(36)22-9-12-23(31)13-10-22/h3-4,6-7,9-10,12-13,18,26-27H,5,8,11,14-17,19H2,1-2H3,(H,32,37)/t26-,27-/m1/s1. The number of nitrogens with zero attached hydrogens (tertiary/aromatic N) is 4. The third-order valence-electron chi connectivity index (χ3n) is 7.63. The van der Waals surface area contributed by atoms with E-state index in [1.165, 1.54) is 16.7 Å². The van der Waals surface area contributed by atoms with Gasteiger partial charge in [0.05, 0.1) is 30.5 Å². The summed E-state index contributed by atoms with van der Waals surface area (Å²) < 4.78 is 5.59. The van der Waals surface area contributed by atoms with Gasteiger partial charge in [0.2, 0.25) is 5.95 Å². The summed E-state index contributed by atoms with van der Waals surface area (Å²) in [4.78, 5) is 39.5. The first-order valence-corrected chi connectivity index (χ1v) is 13.9. The van der Waals surface area contributed by atoms with Gasteiger partial charge in [-0.1, -0.05) is 48.0 Å². The molecule has 0 aliphatic carbocycles. The Hall–Kier alpha value is -3.49. The average Bonchev–Trinajstić information content (AvgIpc) is 3.46. The molecule has 2 atom stereocenters. The highest BCUT2D eigenvalue weighted by atomic mass is 35.5. The highest BCUT2D eigenvalue weighted by Gasteiger charge is 2.32. The van der Waals surface area contributed by atoms with E-state index in [2.05, 4.69) is 41.4 Å². The lowest BCUT2D eigenvalue weighted by molar-refractivity contribution is -0.136. The third kappa shape index (κ3) is 6.07. The monoisotopic (exact) mass is 547 g/mol. The number of amides is 2. The summed E-state index contributed by atoms with van der Waals surface area (Å²) in [6.07, 6.45) is 4.37. The summed E-state index contributed by atoms with van der Waals surface area (Å²) in [5, 5.41) is 3.32. The lowest BCUT2D eigenvalue weighted by atomic mass is 10.0. The topological polar surface area (TPSA) is 87.7 Å². The Balaban J connectivity index is 1.45. The minimum Gasteiger partial charge on any atom is -0.365 e. The lowest BCUT2D eigenvalue weighted by Crippen LogP contribution is -2.51. The highest BCUT2D eigenvalue weighted by molar-refractivity contribution is 6.30. The Labute approximate surface area is 234 Å². The smallest absolute Gasteiger partial charge is 0.257 e. The number of carbonyl (C=O) groups is 2. The average molecular weight is 548 g/mol. The SMILES string of the molecule is CNC(=O)[C@H]1CN(C(=O)c2cnc(N3CCC[C@@H]3c3ccc(Cl)cc3)nc2CCc2ccccc2C)CCO1. The molecule has 9 heteroatoms. The van der Waals surface area contributed by atoms with E-state index in [-0.39, 0.29) is 24.4 Å². The van der Waals surface area contributed by atoms with Crippen molar-refractivity contribution < 1.29 is 14.3 Å². The van der Waals surface area contributed by atoms with E-state index >= 15 is 0 Å². The predicted molar refractivity (Wildman–Crippen MR) is 151 cm³/mol. The first-order chi connectivity index (χ1) is 18.9. The van der Waals surface area contributed by atoms with Crippen molar-refractivity contribution in [3.63, 3.8) is 0 Å². The van der Waals surface area contributed by atoms with Gasteiger partial charge in [-0.2, -0.15) is 0 Å². The van der Waals surface area contributed by atoms with Crippen molar-refractivity contribution >= 4 is 29.4 Å². The van der Waals surface area contributed by atoms with Crippen molar-refractivity contribution in [2.24, 2.45) is 0 Å². The quantitative estimate of drug-likeness (QED) is 0.478. The van der Waals surface area contributed by atoms with E-state index in [9.17, 15) is 9.59 Å². The number of halogens is 1. The molecule has 0 bridgehead atoms. The number of morpholine rings is 1. The Morgan fingerprint density at radius 3 is 2.67 bits per heavy atom. The van der Waals surface area contributed by atoms with Gasteiger partial charge in [-0.15, -0.1) is 0 Å². The van der Waals surface area contributed by atoms with Crippen LogP contribution in [0.3, 0.4) is 0 Å². The van der Waals surface area contributed by atoms with Gasteiger partial charge in [0, 0.05) is 31.4 Å².